The topological polar surface area (TPSA) is 53.4 Å². The van der Waals surface area contributed by atoms with E-state index in [-0.39, 0.29) is 5.91 Å². The van der Waals surface area contributed by atoms with Gasteiger partial charge in [0.2, 0.25) is 0 Å². The number of hydrogen-bond acceptors (Lipinski definition) is 4. The lowest BCUT2D eigenvalue weighted by Gasteiger charge is -2.25. The maximum Gasteiger partial charge on any atom is 0.253 e. The van der Waals surface area contributed by atoms with Crippen molar-refractivity contribution in [2.24, 2.45) is 0 Å². The Morgan fingerprint density at radius 1 is 1.35 bits per heavy atom. The molecule has 0 fully saturated rings. The van der Waals surface area contributed by atoms with Crippen LogP contribution in [0.5, 0.6) is 0 Å². The minimum Gasteiger partial charge on any atom is -0.389 e. The third-order valence-electron chi connectivity index (χ3n) is 2.83. The van der Waals surface area contributed by atoms with Gasteiger partial charge >= 0.3 is 0 Å². The van der Waals surface area contributed by atoms with E-state index in [2.05, 4.69) is 4.98 Å². The van der Waals surface area contributed by atoms with Gasteiger partial charge in [-0.3, -0.25) is 4.79 Å². The first kappa shape index (κ1) is 14.7. The lowest BCUT2D eigenvalue weighted by Crippen LogP contribution is -2.39. The van der Waals surface area contributed by atoms with Crippen LogP contribution in [0.1, 0.15) is 24.2 Å². The van der Waals surface area contributed by atoms with Crippen molar-refractivity contribution in [3.63, 3.8) is 0 Å². The van der Waals surface area contributed by atoms with Crippen LogP contribution >= 0.6 is 11.3 Å². The predicted molar refractivity (Wildman–Crippen MR) is 80.8 cm³/mol. The number of nitrogens with zero attached hydrogens (tertiary/aromatic N) is 2. The average molecular weight is 290 g/mol. The highest BCUT2D eigenvalue weighted by Gasteiger charge is 2.20. The summed E-state index contributed by atoms with van der Waals surface area (Å²) >= 11 is 1.54. The molecule has 106 valence electrons. The van der Waals surface area contributed by atoms with E-state index in [4.69, 9.17) is 0 Å². The normalized spacial score (nSPS) is 11.4. The van der Waals surface area contributed by atoms with Gasteiger partial charge in [0, 0.05) is 30.1 Å². The summed E-state index contributed by atoms with van der Waals surface area (Å²) in [7, 11) is 1.69. The Morgan fingerprint density at radius 3 is 2.50 bits per heavy atom. The number of amides is 1. The monoisotopic (exact) mass is 290 g/mol. The predicted octanol–water partition coefficient (Wildman–Crippen LogP) is 2.65. The SMILES string of the molecule is CN(CC(C)(C)O)C(=O)c1ccc(-c2cscn2)cc1. The minimum atomic E-state index is -0.898. The summed E-state index contributed by atoms with van der Waals surface area (Å²) < 4.78 is 0. The molecule has 1 heterocycles. The maximum absolute atomic E-state index is 12.2. The molecule has 4 nitrogen and oxygen atoms in total. The molecule has 0 atom stereocenters. The molecule has 0 spiro atoms. The molecule has 0 radical (unpaired) electrons. The highest BCUT2D eigenvalue weighted by Crippen LogP contribution is 2.20. The van der Waals surface area contributed by atoms with Crippen molar-refractivity contribution in [2.45, 2.75) is 19.4 Å². The van der Waals surface area contributed by atoms with Gasteiger partial charge < -0.3 is 10.0 Å². The number of thiazole rings is 1. The molecule has 0 saturated heterocycles. The van der Waals surface area contributed by atoms with Crippen LogP contribution in [0.4, 0.5) is 0 Å². The average Bonchev–Trinajstić information content (AvgIpc) is 2.90. The summed E-state index contributed by atoms with van der Waals surface area (Å²) in [6.45, 7) is 3.66. The molecule has 1 amide bonds. The Labute approximate surface area is 122 Å². The minimum absolute atomic E-state index is 0.100. The van der Waals surface area contributed by atoms with E-state index in [1.807, 2.05) is 17.5 Å². The number of hydrogen-bond donors (Lipinski definition) is 1. The van der Waals surface area contributed by atoms with Gasteiger partial charge in [-0.05, 0) is 26.0 Å². The lowest BCUT2D eigenvalue weighted by atomic mass is 10.1. The Bertz CT molecular complexity index is 571. The molecule has 0 aliphatic carbocycles. The molecule has 1 aromatic carbocycles. The van der Waals surface area contributed by atoms with Crippen LogP contribution in [0.15, 0.2) is 35.2 Å². The van der Waals surface area contributed by atoms with Crippen LogP contribution in [0.2, 0.25) is 0 Å². The highest BCUT2D eigenvalue weighted by atomic mass is 32.1. The van der Waals surface area contributed by atoms with Gasteiger partial charge in [0.25, 0.3) is 5.91 Å². The standard InChI is InChI=1S/C15H18N2O2S/c1-15(2,19)9-17(3)14(18)12-6-4-11(5-7-12)13-8-20-10-16-13/h4-8,10,19H,9H2,1-3H3. The van der Waals surface area contributed by atoms with Crippen molar-refractivity contribution >= 4 is 17.2 Å². The Hall–Kier alpha value is -1.72. The van der Waals surface area contributed by atoms with E-state index in [1.54, 1.807) is 49.9 Å². The zero-order valence-corrected chi connectivity index (χ0v) is 12.6. The van der Waals surface area contributed by atoms with E-state index in [0.717, 1.165) is 11.3 Å². The van der Waals surface area contributed by atoms with E-state index >= 15 is 0 Å². The first-order valence-electron chi connectivity index (χ1n) is 6.33. The van der Waals surface area contributed by atoms with Gasteiger partial charge in [-0.15, -0.1) is 11.3 Å². The molecule has 2 rings (SSSR count). The van der Waals surface area contributed by atoms with E-state index in [9.17, 15) is 9.90 Å². The first-order chi connectivity index (χ1) is 9.37. The molecule has 1 aromatic heterocycles. The third kappa shape index (κ3) is 3.65. The number of benzene rings is 1. The molecular formula is C15H18N2O2S. The third-order valence-corrected chi connectivity index (χ3v) is 3.42. The molecule has 0 saturated carbocycles. The van der Waals surface area contributed by atoms with Gasteiger partial charge in [-0.25, -0.2) is 4.98 Å². The zero-order valence-electron chi connectivity index (χ0n) is 11.8. The second-order valence-corrected chi connectivity index (χ2v) is 6.14. The number of aliphatic hydroxyl groups is 1. The number of carbonyl (C=O) groups is 1. The quantitative estimate of drug-likeness (QED) is 0.942. The molecule has 1 N–H and O–H groups in total. The maximum atomic E-state index is 12.2. The van der Waals surface area contributed by atoms with Gasteiger partial charge in [-0.1, -0.05) is 12.1 Å². The fraction of sp³-hybridized carbons (Fsp3) is 0.333. The molecule has 0 aliphatic heterocycles. The largest absolute Gasteiger partial charge is 0.389 e. The summed E-state index contributed by atoms with van der Waals surface area (Å²) in [6, 6.07) is 7.36. The summed E-state index contributed by atoms with van der Waals surface area (Å²) in [5, 5.41) is 11.7. The fourth-order valence-electron chi connectivity index (χ4n) is 2.01. The molecular weight excluding hydrogens is 272 g/mol. The summed E-state index contributed by atoms with van der Waals surface area (Å²) in [5.74, 6) is -0.100. The van der Waals surface area contributed by atoms with Crippen molar-refractivity contribution in [1.29, 1.82) is 0 Å². The van der Waals surface area contributed by atoms with E-state index in [1.165, 1.54) is 4.90 Å². The smallest absolute Gasteiger partial charge is 0.253 e. The lowest BCUT2D eigenvalue weighted by molar-refractivity contribution is 0.0368. The van der Waals surface area contributed by atoms with Crippen molar-refractivity contribution in [3.8, 4) is 11.3 Å². The molecule has 0 aliphatic rings. The molecule has 20 heavy (non-hydrogen) atoms. The van der Waals surface area contributed by atoms with E-state index in [0.29, 0.717) is 12.1 Å². The van der Waals surface area contributed by atoms with Crippen LogP contribution in [-0.2, 0) is 0 Å². The van der Waals surface area contributed by atoms with Gasteiger partial charge in [0.15, 0.2) is 0 Å². The van der Waals surface area contributed by atoms with Gasteiger partial charge in [0.05, 0.1) is 16.8 Å². The number of carbonyl (C=O) groups excluding carboxylic acids is 1. The first-order valence-corrected chi connectivity index (χ1v) is 7.27. The Kier molecular flexibility index (Phi) is 4.20. The Balaban J connectivity index is 2.12. The number of likely N-dealkylation sites (N-methyl/N-ethyl adjacent to an activating group) is 1. The highest BCUT2D eigenvalue weighted by molar-refractivity contribution is 7.07. The second kappa shape index (κ2) is 5.73. The Morgan fingerprint density at radius 2 is 2.00 bits per heavy atom. The molecule has 0 bridgehead atoms. The zero-order chi connectivity index (χ0) is 14.8. The molecule has 5 heteroatoms. The van der Waals surface area contributed by atoms with Gasteiger partial charge in [0.1, 0.15) is 0 Å². The number of rotatable bonds is 4. The van der Waals surface area contributed by atoms with Crippen LogP contribution < -0.4 is 0 Å². The van der Waals surface area contributed by atoms with Crippen LogP contribution in [-0.4, -0.2) is 40.1 Å². The van der Waals surface area contributed by atoms with Crippen molar-refractivity contribution in [2.75, 3.05) is 13.6 Å². The second-order valence-electron chi connectivity index (χ2n) is 5.42. The summed E-state index contributed by atoms with van der Waals surface area (Å²) in [4.78, 5) is 18.0. The van der Waals surface area contributed by atoms with Crippen LogP contribution in [0.3, 0.4) is 0 Å². The van der Waals surface area contributed by atoms with Crippen LogP contribution in [0.25, 0.3) is 11.3 Å². The molecule has 0 unspecified atom stereocenters. The van der Waals surface area contributed by atoms with Crippen molar-refractivity contribution in [3.05, 3.63) is 40.7 Å². The fourth-order valence-corrected chi connectivity index (χ4v) is 2.57. The van der Waals surface area contributed by atoms with Gasteiger partial charge in [-0.2, -0.15) is 0 Å². The van der Waals surface area contributed by atoms with E-state index < -0.39 is 5.60 Å². The number of aromatic nitrogens is 1. The summed E-state index contributed by atoms with van der Waals surface area (Å²) in [5.41, 5.74) is 3.40. The van der Waals surface area contributed by atoms with Crippen molar-refractivity contribution in [1.82, 2.24) is 9.88 Å². The summed E-state index contributed by atoms with van der Waals surface area (Å²) in [6.07, 6.45) is 0. The van der Waals surface area contributed by atoms with Crippen molar-refractivity contribution < 1.29 is 9.90 Å². The molecule has 2 aromatic rings. The van der Waals surface area contributed by atoms with Crippen LogP contribution in [0, 0.1) is 0 Å².